The molecular weight excluding hydrogens is 457 g/mol. The molecule has 1 aliphatic heterocycles. The van der Waals surface area contributed by atoms with Crippen molar-refractivity contribution >= 4 is 38.7 Å². The van der Waals surface area contributed by atoms with Gasteiger partial charge in [0, 0.05) is 38.6 Å². The van der Waals surface area contributed by atoms with Gasteiger partial charge in [0.25, 0.3) is 0 Å². The Morgan fingerprint density at radius 1 is 1.03 bits per heavy atom. The van der Waals surface area contributed by atoms with Gasteiger partial charge in [-0.05, 0) is 61.7 Å². The van der Waals surface area contributed by atoms with E-state index in [2.05, 4.69) is 14.9 Å². The molecule has 11 heteroatoms. The molecular formula is C22H27F3N4O3S. The number of sulfonamides is 1. The minimum Gasteiger partial charge on any atom is -0.376 e. The molecule has 1 fully saturated rings. The van der Waals surface area contributed by atoms with Gasteiger partial charge in [0.2, 0.25) is 15.9 Å². The molecule has 2 aromatic rings. The average molecular weight is 485 g/mol. The summed E-state index contributed by atoms with van der Waals surface area (Å²) in [5.41, 5.74) is 0.543. The lowest BCUT2D eigenvalue weighted by Gasteiger charge is -2.28. The second-order valence-electron chi connectivity index (χ2n) is 8.13. The standard InChI is InChI=1S/C22H27F3N4O3S/c1-28(2)20-11-6-16(22(23,24)25)14-19(20)26-21(30)15-33(31,32)27-17-7-9-18(10-8-17)29-12-4-3-5-13-29/h6-11,14,27H,3-5,12-13,15H2,1-2H3,(H,26,30). The van der Waals surface area contributed by atoms with Crippen LogP contribution in [0.2, 0.25) is 0 Å². The van der Waals surface area contributed by atoms with E-state index in [0.29, 0.717) is 11.4 Å². The fourth-order valence-corrected chi connectivity index (χ4v) is 4.65. The highest BCUT2D eigenvalue weighted by Crippen LogP contribution is 2.35. The zero-order valence-corrected chi connectivity index (χ0v) is 19.3. The third kappa shape index (κ3) is 6.77. The summed E-state index contributed by atoms with van der Waals surface area (Å²) in [6, 6.07) is 9.77. The van der Waals surface area contributed by atoms with E-state index in [-0.39, 0.29) is 5.69 Å². The molecule has 0 bridgehead atoms. The second-order valence-corrected chi connectivity index (χ2v) is 9.85. The molecule has 0 spiro atoms. The van der Waals surface area contributed by atoms with Gasteiger partial charge in [-0.15, -0.1) is 0 Å². The van der Waals surface area contributed by atoms with Crippen LogP contribution in [0.3, 0.4) is 0 Å². The first kappa shape index (κ1) is 24.7. The van der Waals surface area contributed by atoms with Crippen LogP contribution in [0.1, 0.15) is 24.8 Å². The maximum absolute atomic E-state index is 13.1. The lowest BCUT2D eigenvalue weighted by atomic mass is 10.1. The summed E-state index contributed by atoms with van der Waals surface area (Å²) in [5, 5.41) is 2.29. The lowest BCUT2D eigenvalue weighted by Crippen LogP contribution is -2.29. The third-order valence-electron chi connectivity index (χ3n) is 5.26. The minimum absolute atomic E-state index is 0.124. The van der Waals surface area contributed by atoms with Gasteiger partial charge in [-0.25, -0.2) is 8.42 Å². The third-order valence-corrected chi connectivity index (χ3v) is 6.45. The molecule has 1 heterocycles. The Kier molecular flexibility index (Phi) is 7.41. The predicted molar refractivity (Wildman–Crippen MR) is 124 cm³/mol. The molecule has 1 saturated heterocycles. The number of rotatable bonds is 7. The van der Waals surface area contributed by atoms with Gasteiger partial charge >= 0.3 is 6.18 Å². The van der Waals surface area contributed by atoms with Crippen LogP contribution in [0.25, 0.3) is 0 Å². The fourth-order valence-electron chi connectivity index (χ4n) is 3.67. The molecule has 1 amide bonds. The summed E-state index contributed by atoms with van der Waals surface area (Å²) in [4.78, 5) is 16.1. The summed E-state index contributed by atoms with van der Waals surface area (Å²) >= 11 is 0. The molecule has 2 aromatic carbocycles. The minimum atomic E-state index is -4.60. The van der Waals surface area contributed by atoms with Crippen LogP contribution < -0.4 is 19.8 Å². The second kappa shape index (κ2) is 9.90. The number of piperidine rings is 1. The molecule has 2 N–H and O–H groups in total. The number of carbonyl (C=O) groups excluding carboxylic acids is 1. The zero-order valence-electron chi connectivity index (χ0n) is 18.4. The van der Waals surface area contributed by atoms with E-state index < -0.39 is 33.4 Å². The Morgan fingerprint density at radius 3 is 2.24 bits per heavy atom. The van der Waals surface area contributed by atoms with Gasteiger partial charge in [0.05, 0.1) is 16.9 Å². The SMILES string of the molecule is CN(C)c1ccc(C(F)(F)F)cc1NC(=O)CS(=O)(=O)Nc1ccc(N2CCCCC2)cc1. The van der Waals surface area contributed by atoms with Crippen molar-refractivity contribution in [1.82, 2.24) is 0 Å². The Morgan fingerprint density at radius 2 is 1.67 bits per heavy atom. The Labute approximate surface area is 191 Å². The number of alkyl halides is 3. The molecule has 7 nitrogen and oxygen atoms in total. The highest BCUT2D eigenvalue weighted by atomic mass is 32.2. The van der Waals surface area contributed by atoms with Gasteiger partial charge in [0.1, 0.15) is 5.75 Å². The first-order chi connectivity index (χ1) is 15.4. The Balaban J connectivity index is 1.67. The van der Waals surface area contributed by atoms with E-state index in [1.54, 1.807) is 26.2 Å². The van der Waals surface area contributed by atoms with Crippen molar-refractivity contribution in [2.24, 2.45) is 0 Å². The van der Waals surface area contributed by atoms with Crippen molar-refractivity contribution in [1.29, 1.82) is 0 Å². The van der Waals surface area contributed by atoms with Gasteiger partial charge in [-0.2, -0.15) is 13.2 Å². The molecule has 3 rings (SSSR count). The normalized spacial score (nSPS) is 14.6. The highest BCUT2D eigenvalue weighted by molar-refractivity contribution is 7.93. The van der Waals surface area contributed by atoms with Gasteiger partial charge in [-0.1, -0.05) is 0 Å². The Bertz CT molecular complexity index is 1080. The first-order valence-electron chi connectivity index (χ1n) is 10.5. The fraction of sp³-hybridized carbons (Fsp3) is 0.409. The number of halogens is 3. The number of hydrogen-bond acceptors (Lipinski definition) is 5. The molecule has 0 unspecified atom stereocenters. The van der Waals surface area contributed by atoms with Crippen molar-refractivity contribution in [3.8, 4) is 0 Å². The molecule has 0 radical (unpaired) electrons. The predicted octanol–water partition coefficient (Wildman–Crippen LogP) is 4.14. The molecule has 180 valence electrons. The largest absolute Gasteiger partial charge is 0.416 e. The van der Waals surface area contributed by atoms with Crippen molar-refractivity contribution < 1.29 is 26.4 Å². The van der Waals surface area contributed by atoms with Crippen LogP contribution in [0.5, 0.6) is 0 Å². The maximum atomic E-state index is 13.1. The highest BCUT2D eigenvalue weighted by Gasteiger charge is 2.31. The number of anilines is 4. The van der Waals surface area contributed by atoms with E-state index in [1.807, 2.05) is 12.1 Å². The summed E-state index contributed by atoms with van der Waals surface area (Å²) in [7, 11) is -0.872. The summed E-state index contributed by atoms with van der Waals surface area (Å²) in [6.07, 6.45) is -1.17. The molecule has 0 aliphatic carbocycles. The van der Waals surface area contributed by atoms with E-state index in [1.165, 1.54) is 17.4 Å². The van der Waals surface area contributed by atoms with Crippen molar-refractivity contribution in [3.63, 3.8) is 0 Å². The number of nitrogens with zero attached hydrogens (tertiary/aromatic N) is 2. The number of hydrogen-bond donors (Lipinski definition) is 2. The zero-order chi connectivity index (χ0) is 24.2. The van der Waals surface area contributed by atoms with Crippen molar-refractivity contribution in [2.45, 2.75) is 25.4 Å². The number of nitrogens with one attached hydrogen (secondary N) is 2. The number of amides is 1. The van der Waals surface area contributed by atoms with Crippen LogP contribution in [0, 0.1) is 0 Å². The number of benzene rings is 2. The van der Waals surface area contributed by atoms with Crippen LogP contribution in [-0.2, 0) is 21.0 Å². The van der Waals surface area contributed by atoms with E-state index >= 15 is 0 Å². The van der Waals surface area contributed by atoms with Gasteiger partial charge in [0.15, 0.2) is 0 Å². The van der Waals surface area contributed by atoms with Crippen LogP contribution in [-0.4, -0.2) is 47.3 Å². The van der Waals surface area contributed by atoms with E-state index in [9.17, 15) is 26.4 Å². The van der Waals surface area contributed by atoms with E-state index in [4.69, 9.17) is 0 Å². The monoisotopic (exact) mass is 484 g/mol. The van der Waals surface area contributed by atoms with E-state index in [0.717, 1.165) is 43.8 Å². The van der Waals surface area contributed by atoms with Gasteiger partial charge < -0.3 is 15.1 Å². The van der Waals surface area contributed by atoms with Crippen LogP contribution in [0.15, 0.2) is 42.5 Å². The smallest absolute Gasteiger partial charge is 0.376 e. The number of carbonyl (C=O) groups is 1. The topological polar surface area (TPSA) is 81.8 Å². The summed E-state index contributed by atoms with van der Waals surface area (Å²) in [6.45, 7) is 1.91. The molecule has 1 aliphatic rings. The quantitative estimate of drug-likeness (QED) is 0.617. The molecule has 33 heavy (non-hydrogen) atoms. The van der Waals surface area contributed by atoms with Gasteiger partial charge in [-0.3, -0.25) is 9.52 Å². The molecule has 0 atom stereocenters. The maximum Gasteiger partial charge on any atom is 0.416 e. The lowest BCUT2D eigenvalue weighted by molar-refractivity contribution is -0.137. The Hall–Kier alpha value is -2.95. The average Bonchev–Trinajstić information content (AvgIpc) is 2.73. The molecule has 0 saturated carbocycles. The van der Waals surface area contributed by atoms with Crippen LogP contribution in [0.4, 0.5) is 35.9 Å². The van der Waals surface area contributed by atoms with Crippen molar-refractivity contribution in [3.05, 3.63) is 48.0 Å². The van der Waals surface area contributed by atoms with Crippen molar-refractivity contribution in [2.75, 3.05) is 52.8 Å². The summed E-state index contributed by atoms with van der Waals surface area (Å²) < 4.78 is 66.5. The molecule has 0 aromatic heterocycles. The summed E-state index contributed by atoms with van der Waals surface area (Å²) in [5.74, 6) is -1.89. The van der Waals surface area contributed by atoms with Crippen LogP contribution >= 0.6 is 0 Å². The first-order valence-corrected chi connectivity index (χ1v) is 12.1.